The molecule has 1 aliphatic heterocycles. The number of ether oxygens (including phenoxy) is 3. The molecule has 36 heavy (non-hydrogen) atoms. The molecule has 8 nitrogen and oxygen atoms in total. The molecule has 1 aromatic heterocycles. The van der Waals surface area contributed by atoms with Gasteiger partial charge in [0.25, 0.3) is 0 Å². The molecule has 0 amide bonds. The third kappa shape index (κ3) is 6.43. The lowest BCUT2D eigenvalue weighted by Crippen LogP contribution is -2.26. The maximum Gasteiger partial charge on any atom is 0.333 e. The third-order valence-electron chi connectivity index (χ3n) is 5.51. The minimum atomic E-state index is -0.951. The van der Waals surface area contributed by atoms with Gasteiger partial charge in [-0.15, -0.1) is 0 Å². The number of aliphatic carboxylic acids is 1. The number of H-pyrrole nitrogens is 1. The number of benzene rings is 3. The molecule has 1 atom stereocenters. The summed E-state index contributed by atoms with van der Waals surface area (Å²) in [5, 5.41) is 9.24. The van der Waals surface area contributed by atoms with E-state index in [4.69, 9.17) is 14.2 Å². The first kappa shape index (κ1) is 24.8. The van der Waals surface area contributed by atoms with Crippen LogP contribution in [0.15, 0.2) is 91.5 Å². The van der Waals surface area contributed by atoms with E-state index in [9.17, 15) is 9.90 Å². The molecule has 0 saturated heterocycles. The second-order valence-corrected chi connectivity index (χ2v) is 7.93. The molecule has 0 bridgehead atoms. The summed E-state index contributed by atoms with van der Waals surface area (Å²) >= 11 is 0. The molecular weight excluding hydrogens is 458 g/mol. The third-order valence-corrected chi connectivity index (χ3v) is 5.51. The summed E-state index contributed by atoms with van der Waals surface area (Å²) in [6.07, 6.45) is 4.57. The maximum atomic E-state index is 11.3. The molecule has 4 aromatic rings. The Morgan fingerprint density at radius 1 is 1.03 bits per heavy atom. The first-order valence-electron chi connectivity index (χ1n) is 11.8. The highest BCUT2D eigenvalue weighted by molar-refractivity contribution is 5.77. The zero-order chi connectivity index (χ0) is 25.2. The van der Waals surface area contributed by atoms with E-state index >= 15 is 0 Å². The first-order chi connectivity index (χ1) is 17.7. The number of anilines is 2. The molecule has 1 aliphatic rings. The number of hydrogen-bond acceptors (Lipinski definition) is 6. The van der Waals surface area contributed by atoms with Crippen LogP contribution in [0, 0.1) is 0 Å². The van der Waals surface area contributed by atoms with Crippen molar-refractivity contribution >= 4 is 17.3 Å². The second-order valence-electron chi connectivity index (χ2n) is 7.93. The Bertz CT molecular complexity index is 1170. The SMILES string of the molecule is CCOC(Cc1ccc(OCCN2c3ccccc3Oc3ccccc32)cc1)C(=O)O.c1c[nH]cn1. The summed E-state index contributed by atoms with van der Waals surface area (Å²) in [6.45, 7) is 3.30. The minimum Gasteiger partial charge on any atom is -0.492 e. The molecule has 0 spiro atoms. The van der Waals surface area contributed by atoms with Gasteiger partial charge in [-0.3, -0.25) is 0 Å². The Kier molecular flexibility index (Phi) is 8.56. The first-order valence-corrected chi connectivity index (χ1v) is 11.8. The summed E-state index contributed by atoms with van der Waals surface area (Å²) in [7, 11) is 0. The Balaban J connectivity index is 0.000000543. The van der Waals surface area contributed by atoms with Crippen LogP contribution in [-0.4, -0.2) is 46.9 Å². The normalized spacial score (nSPS) is 12.3. The van der Waals surface area contributed by atoms with Gasteiger partial charge in [0.1, 0.15) is 12.4 Å². The van der Waals surface area contributed by atoms with Gasteiger partial charge in [-0.25, -0.2) is 9.78 Å². The van der Waals surface area contributed by atoms with Crippen molar-refractivity contribution in [2.45, 2.75) is 19.4 Å². The number of nitrogens with one attached hydrogen (secondary N) is 1. The number of rotatable bonds is 9. The van der Waals surface area contributed by atoms with Crippen molar-refractivity contribution in [2.24, 2.45) is 0 Å². The van der Waals surface area contributed by atoms with Gasteiger partial charge >= 0.3 is 5.97 Å². The highest BCUT2D eigenvalue weighted by atomic mass is 16.5. The standard InChI is InChI=1S/C25H25NO5.C3H4N2/c1-2-29-24(25(27)28)17-18-11-13-19(14-12-18)30-16-15-26-20-7-3-5-9-22(20)31-23-10-6-4-8-21(23)26;1-2-5-3-4-1/h3-14,24H,2,15-17H2,1H3,(H,27,28);1-3H,(H,4,5). The van der Waals surface area contributed by atoms with Crippen LogP contribution in [-0.2, 0) is 16.0 Å². The fourth-order valence-electron chi connectivity index (χ4n) is 3.85. The van der Waals surface area contributed by atoms with Crippen molar-refractivity contribution < 1.29 is 24.1 Å². The Hall–Kier alpha value is -4.30. The summed E-state index contributed by atoms with van der Waals surface area (Å²) in [5.74, 6) is 1.44. The van der Waals surface area contributed by atoms with Gasteiger partial charge in [-0.05, 0) is 48.9 Å². The van der Waals surface area contributed by atoms with Crippen molar-refractivity contribution in [3.8, 4) is 17.2 Å². The van der Waals surface area contributed by atoms with E-state index in [-0.39, 0.29) is 0 Å². The quantitative estimate of drug-likeness (QED) is 0.324. The Morgan fingerprint density at radius 3 is 2.22 bits per heavy atom. The van der Waals surface area contributed by atoms with Crippen molar-refractivity contribution in [2.75, 3.05) is 24.7 Å². The predicted molar refractivity (Wildman–Crippen MR) is 137 cm³/mol. The zero-order valence-corrected chi connectivity index (χ0v) is 20.0. The Morgan fingerprint density at radius 2 is 1.69 bits per heavy atom. The number of fused-ring (bicyclic) bond motifs is 2. The average Bonchev–Trinajstić information content (AvgIpc) is 3.49. The lowest BCUT2D eigenvalue weighted by Gasteiger charge is -2.32. The number of imidazole rings is 1. The van der Waals surface area contributed by atoms with E-state index in [1.165, 1.54) is 0 Å². The molecule has 1 unspecified atom stereocenters. The van der Waals surface area contributed by atoms with Crippen LogP contribution in [0.5, 0.6) is 17.2 Å². The van der Waals surface area contributed by atoms with Crippen molar-refractivity contribution in [3.05, 3.63) is 97.1 Å². The van der Waals surface area contributed by atoms with Crippen LogP contribution in [0.3, 0.4) is 0 Å². The molecular formula is C28H29N3O5. The molecule has 8 heteroatoms. The van der Waals surface area contributed by atoms with Gasteiger partial charge in [0.2, 0.25) is 0 Å². The summed E-state index contributed by atoms with van der Waals surface area (Å²) in [6, 6.07) is 23.4. The number of carboxylic acids is 1. The molecule has 0 radical (unpaired) electrons. The van der Waals surface area contributed by atoms with Crippen molar-refractivity contribution in [3.63, 3.8) is 0 Å². The van der Waals surface area contributed by atoms with Gasteiger partial charge in [0.15, 0.2) is 17.6 Å². The van der Waals surface area contributed by atoms with Gasteiger partial charge in [0.05, 0.1) is 24.2 Å². The van der Waals surface area contributed by atoms with Gasteiger partial charge in [-0.2, -0.15) is 0 Å². The van der Waals surface area contributed by atoms with Gasteiger partial charge < -0.3 is 29.2 Å². The smallest absolute Gasteiger partial charge is 0.333 e. The van der Waals surface area contributed by atoms with Crippen LogP contribution in [0.25, 0.3) is 0 Å². The number of carbonyl (C=O) groups is 1. The maximum absolute atomic E-state index is 11.3. The summed E-state index contributed by atoms with van der Waals surface area (Å²) in [4.78, 5) is 19.9. The van der Waals surface area contributed by atoms with Crippen LogP contribution in [0.2, 0.25) is 0 Å². The summed E-state index contributed by atoms with van der Waals surface area (Å²) < 4.78 is 17.3. The zero-order valence-electron chi connectivity index (χ0n) is 20.0. The Labute approximate surface area is 210 Å². The van der Waals surface area contributed by atoms with Crippen molar-refractivity contribution in [1.29, 1.82) is 0 Å². The molecule has 186 valence electrons. The van der Waals surface area contributed by atoms with E-state index in [2.05, 4.69) is 14.9 Å². The molecule has 0 fully saturated rings. The largest absolute Gasteiger partial charge is 0.492 e. The van der Waals surface area contributed by atoms with E-state index in [0.29, 0.717) is 26.2 Å². The van der Waals surface area contributed by atoms with Crippen molar-refractivity contribution in [1.82, 2.24) is 9.97 Å². The number of hydrogen-bond donors (Lipinski definition) is 2. The topological polar surface area (TPSA) is 96.9 Å². The number of aromatic nitrogens is 2. The number of para-hydroxylation sites is 4. The number of aromatic amines is 1. The average molecular weight is 488 g/mol. The van der Waals surface area contributed by atoms with Gasteiger partial charge in [0, 0.05) is 25.4 Å². The summed E-state index contributed by atoms with van der Waals surface area (Å²) in [5.41, 5.74) is 2.91. The highest BCUT2D eigenvalue weighted by Crippen LogP contribution is 2.45. The predicted octanol–water partition coefficient (Wildman–Crippen LogP) is 5.45. The second kappa shape index (κ2) is 12.4. The fraction of sp³-hybridized carbons (Fsp3) is 0.214. The van der Waals surface area contributed by atoms with Gasteiger partial charge in [-0.1, -0.05) is 36.4 Å². The van der Waals surface area contributed by atoms with E-state index in [0.717, 1.165) is 34.2 Å². The molecule has 0 saturated carbocycles. The molecule has 3 aromatic carbocycles. The van der Waals surface area contributed by atoms with Crippen LogP contribution < -0.4 is 14.4 Å². The highest BCUT2D eigenvalue weighted by Gasteiger charge is 2.23. The lowest BCUT2D eigenvalue weighted by atomic mass is 10.1. The van der Waals surface area contributed by atoms with E-state index < -0.39 is 12.1 Å². The number of carboxylic acid groups (broad SMARTS) is 1. The lowest BCUT2D eigenvalue weighted by molar-refractivity contribution is -0.149. The minimum absolute atomic E-state index is 0.324. The van der Waals surface area contributed by atoms with E-state index in [1.807, 2.05) is 72.8 Å². The van der Waals surface area contributed by atoms with Crippen LogP contribution >= 0.6 is 0 Å². The number of nitrogens with zero attached hydrogens (tertiary/aromatic N) is 2. The fourth-order valence-corrected chi connectivity index (χ4v) is 3.85. The molecule has 2 heterocycles. The molecule has 5 rings (SSSR count). The molecule has 0 aliphatic carbocycles. The van der Waals surface area contributed by atoms with E-state index in [1.54, 1.807) is 25.6 Å². The van der Waals surface area contributed by atoms with Crippen LogP contribution in [0.1, 0.15) is 12.5 Å². The molecule has 2 N–H and O–H groups in total. The monoisotopic (exact) mass is 487 g/mol. The van der Waals surface area contributed by atoms with Crippen LogP contribution in [0.4, 0.5) is 11.4 Å².